The van der Waals surface area contributed by atoms with E-state index in [0.29, 0.717) is 23.7 Å². The van der Waals surface area contributed by atoms with Crippen molar-refractivity contribution in [2.45, 2.75) is 26.7 Å². The minimum absolute atomic E-state index is 0.225. The van der Waals surface area contributed by atoms with Gasteiger partial charge in [-0.3, -0.25) is 9.59 Å². The number of carbonyl (C=O) groups is 2. The minimum Gasteiger partial charge on any atom is -0.493 e. The largest absolute Gasteiger partial charge is 0.493 e. The van der Waals surface area contributed by atoms with Gasteiger partial charge in [0.2, 0.25) is 5.91 Å². The maximum Gasteiger partial charge on any atom is 0.254 e. The highest BCUT2D eigenvalue weighted by molar-refractivity contribution is 5.99. The van der Waals surface area contributed by atoms with Crippen molar-refractivity contribution in [3.8, 4) is 11.5 Å². The third kappa shape index (κ3) is 5.92. The summed E-state index contributed by atoms with van der Waals surface area (Å²) in [6.45, 7) is 4.16. The highest BCUT2D eigenvalue weighted by Crippen LogP contribution is 2.29. The molecule has 30 heavy (non-hydrogen) atoms. The number of halogens is 2. The van der Waals surface area contributed by atoms with Gasteiger partial charge in [-0.25, -0.2) is 8.78 Å². The molecule has 0 aliphatic carbocycles. The molecule has 0 radical (unpaired) electrons. The molecule has 162 valence electrons. The van der Waals surface area contributed by atoms with Crippen LogP contribution >= 0.6 is 0 Å². The van der Waals surface area contributed by atoms with Crippen molar-refractivity contribution >= 4 is 17.5 Å². The molecule has 1 N–H and O–H groups in total. The zero-order valence-corrected chi connectivity index (χ0v) is 17.3. The maximum absolute atomic E-state index is 13.7. The first-order valence-corrected chi connectivity index (χ1v) is 9.75. The summed E-state index contributed by atoms with van der Waals surface area (Å²) in [4.78, 5) is 26.4. The summed E-state index contributed by atoms with van der Waals surface area (Å²) >= 11 is 0. The van der Waals surface area contributed by atoms with Gasteiger partial charge in [0, 0.05) is 12.1 Å². The van der Waals surface area contributed by atoms with E-state index in [-0.39, 0.29) is 13.1 Å². The molecule has 0 aliphatic heterocycles. The number of nitrogens with one attached hydrogen (secondary N) is 1. The fraction of sp³-hybridized carbons (Fsp3) is 0.364. The van der Waals surface area contributed by atoms with Gasteiger partial charge >= 0.3 is 0 Å². The van der Waals surface area contributed by atoms with Crippen LogP contribution in [0.4, 0.5) is 14.5 Å². The summed E-state index contributed by atoms with van der Waals surface area (Å²) in [7, 11) is 1.48. The van der Waals surface area contributed by atoms with Crippen molar-refractivity contribution in [2.24, 2.45) is 0 Å². The van der Waals surface area contributed by atoms with Gasteiger partial charge in [0.25, 0.3) is 5.91 Å². The third-order valence-electron chi connectivity index (χ3n) is 4.40. The summed E-state index contributed by atoms with van der Waals surface area (Å²) in [5.74, 6) is -1.97. The SMILES string of the molecule is CCCCOc1ccc(C(=O)N(CC)CC(=O)Nc2c(F)cccc2F)cc1OC. The van der Waals surface area contributed by atoms with Crippen LogP contribution in [0.25, 0.3) is 0 Å². The monoisotopic (exact) mass is 420 g/mol. The Hall–Kier alpha value is -3.16. The van der Waals surface area contributed by atoms with Gasteiger partial charge in [0.15, 0.2) is 11.5 Å². The molecule has 0 heterocycles. The Bertz CT molecular complexity index is 869. The molecule has 0 spiro atoms. The molecule has 0 unspecified atom stereocenters. The lowest BCUT2D eigenvalue weighted by atomic mass is 10.1. The zero-order valence-electron chi connectivity index (χ0n) is 17.3. The maximum atomic E-state index is 13.7. The number of hydrogen-bond donors (Lipinski definition) is 1. The first kappa shape index (κ1) is 23.1. The Morgan fingerprint density at radius 1 is 1.07 bits per heavy atom. The van der Waals surface area contributed by atoms with E-state index in [9.17, 15) is 18.4 Å². The van der Waals surface area contributed by atoms with Crippen LogP contribution in [0.15, 0.2) is 36.4 Å². The Balaban J connectivity index is 2.10. The molecule has 2 aromatic rings. The van der Waals surface area contributed by atoms with Crippen LogP contribution in [-0.4, -0.2) is 43.5 Å². The molecule has 0 bridgehead atoms. The average molecular weight is 420 g/mol. The number of anilines is 1. The normalized spacial score (nSPS) is 10.4. The highest BCUT2D eigenvalue weighted by atomic mass is 19.1. The number of ether oxygens (including phenoxy) is 2. The van der Waals surface area contributed by atoms with Crippen molar-refractivity contribution in [3.63, 3.8) is 0 Å². The molecule has 2 aromatic carbocycles. The molecule has 0 aliphatic rings. The molecule has 0 saturated heterocycles. The number of unbranched alkanes of at least 4 members (excludes halogenated alkanes) is 1. The molecule has 2 amide bonds. The lowest BCUT2D eigenvalue weighted by molar-refractivity contribution is -0.116. The predicted molar refractivity (Wildman–Crippen MR) is 110 cm³/mol. The molecular weight excluding hydrogens is 394 g/mol. The van der Waals surface area contributed by atoms with Gasteiger partial charge in [0.05, 0.1) is 13.7 Å². The summed E-state index contributed by atoms with van der Waals surface area (Å²) < 4.78 is 38.4. The average Bonchev–Trinajstić information content (AvgIpc) is 2.74. The van der Waals surface area contributed by atoms with E-state index in [0.717, 1.165) is 25.0 Å². The number of amides is 2. The second-order valence-electron chi connectivity index (χ2n) is 6.53. The molecule has 0 saturated carbocycles. The second kappa shape index (κ2) is 11.1. The smallest absolute Gasteiger partial charge is 0.254 e. The molecule has 8 heteroatoms. The Morgan fingerprint density at radius 2 is 1.77 bits per heavy atom. The van der Waals surface area contributed by atoms with Crippen molar-refractivity contribution in [2.75, 3.05) is 32.1 Å². The summed E-state index contributed by atoms with van der Waals surface area (Å²) in [6, 6.07) is 8.05. The van der Waals surface area contributed by atoms with E-state index in [1.807, 2.05) is 0 Å². The molecule has 2 rings (SSSR count). The lowest BCUT2D eigenvalue weighted by Gasteiger charge is -2.21. The fourth-order valence-corrected chi connectivity index (χ4v) is 2.73. The van der Waals surface area contributed by atoms with Gasteiger partial charge in [-0.05, 0) is 43.7 Å². The number of carbonyl (C=O) groups excluding carboxylic acids is 2. The van der Waals surface area contributed by atoms with Crippen molar-refractivity contribution in [1.82, 2.24) is 4.90 Å². The summed E-state index contributed by atoms with van der Waals surface area (Å²) in [5.41, 5.74) is -0.234. The van der Waals surface area contributed by atoms with Gasteiger partial charge in [-0.2, -0.15) is 0 Å². The number of likely N-dealkylation sites (N-methyl/N-ethyl adjacent to an activating group) is 1. The lowest BCUT2D eigenvalue weighted by Crippen LogP contribution is -2.38. The van der Waals surface area contributed by atoms with Crippen LogP contribution in [0.2, 0.25) is 0 Å². The molecule has 0 atom stereocenters. The Labute approximate surface area is 174 Å². The van der Waals surface area contributed by atoms with Crippen molar-refractivity contribution < 1.29 is 27.8 Å². The van der Waals surface area contributed by atoms with E-state index >= 15 is 0 Å². The van der Waals surface area contributed by atoms with Crippen LogP contribution in [0.5, 0.6) is 11.5 Å². The number of rotatable bonds is 10. The zero-order chi connectivity index (χ0) is 22.1. The predicted octanol–water partition coefficient (Wildman–Crippen LogP) is 4.25. The fourth-order valence-electron chi connectivity index (χ4n) is 2.73. The van der Waals surface area contributed by atoms with Gasteiger partial charge in [-0.15, -0.1) is 0 Å². The number of hydrogen-bond acceptors (Lipinski definition) is 4. The Kier molecular flexibility index (Phi) is 8.58. The van der Waals surface area contributed by atoms with Gasteiger partial charge in [-0.1, -0.05) is 19.4 Å². The van der Waals surface area contributed by atoms with E-state index in [4.69, 9.17) is 9.47 Å². The second-order valence-corrected chi connectivity index (χ2v) is 6.53. The number of nitrogens with zero attached hydrogens (tertiary/aromatic N) is 1. The molecular formula is C22H26F2N2O4. The minimum atomic E-state index is -0.888. The van der Waals surface area contributed by atoms with Crippen molar-refractivity contribution in [1.29, 1.82) is 0 Å². The first-order valence-electron chi connectivity index (χ1n) is 9.75. The van der Waals surface area contributed by atoms with Gasteiger partial charge in [0.1, 0.15) is 23.9 Å². The van der Waals surface area contributed by atoms with E-state index in [1.165, 1.54) is 18.1 Å². The molecule has 0 fully saturated rings. The first-order chi connectivity index (χ1) is 14.4. The van der Waals surface area contributed by atoms with E-state index in [2.05, 4.69) is 12.2 Å². The molecule has 6 nitrogen and oxygen atoms in total. The van der Waals surface area contributed by atoms with E-state index in [1.54, 1.807) is 25.1 Å². The topological polar surface area (TPSA) is 67.9 Å². The third-order valence-corrected chi connectivity index (χ3v) is 4.40. The molecule has 0 aromatic heterocycles. The van der Waals surface area contributed by atoms with Crippen LogP contribution < -0.4 is 14.8 Å². The van der Waals surface area contributed by atoms with E-state index < -0.39 is 29.1 Å². The van der Waals surface area contributed by atoms with Crippen LogP contribution in [0, 0.1) is 11.6 Å². The standard InChI is InChI=1S/C22H26F2N2O4/c1-4-6-12-30-18-11-10-15(13-19(18)29-3)22(28)26(5-2)14-20(27)25-21-16(23)8-7-9-17(21)24/h7-11,13H,4-6,12,14H2,1-3H3,(H,25,27). The Morgan fingerprint density at radius 3 is 2.37 bits per heavy atom. The number of methoxy groups -OCH3 is 1. The van der Waals surface area contributed by atoms with Crippen molar-refractivity contribution in [3.05, 3.63) is 53.6 Å². The number of para-hydroxylation sites is 1. The summed E-state index contributed by atoms with van der Waals surface area (Å²) in [6.07, 6.45) is 1.88. The summed E-state index contributed by atoms with van der Waals surface area (Å²) in [5, 5.41) is 2.18. The van der Waals surface area contributed by atoms with Gasteiger partial charge < -0.3 is 19.7 Å². The van der Waals surface area contributed by atoms with Crippen LogP contribution in [-0.2, 0) is 4.79 Å². The van der Waals surface area contributed by atoms with Crippen LogP contribution in [0.1, 0.15) is 37.0 Å². The van der Waals surface area contributed by atoms with Crippen LogP contribution in [0.3, 0.4) is 0 Å². The number of benzene rings is 2. The highest BCUT2D eigenvalue weighted by Gasteiger charge is 2.20. The quantitative estimate of drug-likeness (QED) is 0.584.